The Morgan fingerprint density at radius 1 is 1.13 bits per heavy atom. The topological polar surface area (TPSA) is 48.4 Å². The normalized spacial score (nSPS) is 11.0. The van der Waals surface area contributed by atoms with Crippen molar-refractivity contribution in [2.24, 2.45) is 0 Å². The molecule has 3 rings (SSSR count). The lowest BCUT2D eigenvalue weighted by Gasteiger charge is -2.02. The summed E-state index contributed by atoms with van der Waals surface area (Å²) < 4.78 is 11.1. The number of fused-ring (bicyclic) bond motifs is 1. The van der Waals surface area contributed by atoms with Gasteiger partial charge < -0.3 is 9.47 Å². The van der Waals surface area contributed by atoms with Crippen molar-refractivity contribution in [1.29, 1.82) is 0 Å². The molecule has 0 unspecified atom stereocenters. The Morgan fingerprint density at radius 2 is 1.96 bits per heavy atom. The van der Waals surface area contributed by atoms with Crippen LogP contribution >= 0.6 is 11.3 Å². The van der Waals surface area contributed by atoms with E-state index in [4.69, 9.17) is 9.47 Å². The van der Waals surface area contributed by atoms with Crippen LogP contribution in [0, 0.1) is 0 Å². The maximum atomic E-state index is 11.8. The molecule has 0 saturated carbocycles. The Labute approximate surface area is 138 Å². The van der Waals surface area contributed by atoms with Crippen LogP contribution in [0.15, 0.2) is 42.5 Å². The van der Waals surface area contributed by atoms with Crippen LogP contribution in [-0.2, 0) is 4.74 Å². The van der Waals surface area contributed by atoms with Crippen LogP contribution < -0.4 is 4.74 Å². The number of thiazole rings is 1. The van der Waals surface area contributed by atoms with E-state index < -0.39 is 0 Å². The van der Waals surface area contributed by atoms with Crippen LogP contribution in [0.25, 0.3) is 22.4 Å². The molecule has 0 aliphatic heterocycles. The van der Waals surface area contributed by atoms with E-state index in [1.807, 2.05) is 48.6 Å². The average molecular weight is 325 g/mol. The Bertz CT molecular complexity index is 883. The van der Waals surface area contributed by atoms with Gasteiger partial charge in [-0.1, -0.05) is 24.3 Å². The molecule has 0 amide bonds. The lowest BCUT2D eigenvalue weighted by molar-refractivity contribution is 0.0600. The van der Waals surface area contributed by atoms with Gasteiger partial charge in [0.05, 0.1) is 30.0 Å². The van der Waals surface area contributed by atoms with E-state index in [-0.39, 0.29) is 5.97 Å². The van der Waals surface area contributed by atoms with Crippen molar-refractivity contribution in [2.75, 3.05) is 14.2 Å². The number of hydrogen-bond donors (Lipinski definition) is 0. The maximum Gasteiger partial charge on any atom is 0.338 e. The third-order valence-corrected chi connectivity index (χ3v) is 4.37. The second-order valence-electron chi connectivity index (χ2n) is 4.80. The first-order valence-electron chi connectivity index (χ1n) is 7.01. The number of benzene rings is 2. The first-order chi connectivity index (χ1) is 11.2. The zero-order chi connectivity index (χ0) is 16.2. The second-order valence-corrected chi connectivity index (χ2v) is 5.86. The van der Waals surface area contributed by atoms with Crippen molar-refractivity contribution in [3.05, 3.63) is 58.6 Å². The third kappa shape index (κ3) is 3.24. The van der Waals surface area contributed by atoms with Crippen LogP contribution in [0.4, 0.5) is 0 Å². The summed E-state index contributed by atoms with van der Waals surface area (Å²) in [5.74, 6) is 0.465. The number of rotatable bonds is 4. The molecule has 0 fully saturated rings. The van der Waals surface area contributed by atoms with Crippen LogP contribution in [0.1, 0.15) is 20.9 Å². The molecule has 0 N–H and O–H groups in total. The fourth-order valence-electron chi connectivity index (χ4n) is 2.22. The molecule has 0 spiro atoms. The molecule has 4 nitrogen and oxygen atoms in total. The van der Waals surface area contributed by atoms with Gasteiger partial charge in [-0.2, -0.15) is 0 Å². The van der Waals surface area contributed by atoms with Gasteiger partial charge in [0, 0.05) is 0 Å². The van der Waals surface area contributed by atoms with Crippen LogP contribution in [0.5, 0.6) is 5.75 Å². The number of methoxy groups -OCH3 is 2. The Hall–Kier alpha value is -2.66. The predicted octanol–water partition coefficient (Wildman–Crippen LogP) is 4.26. The third-order valence-electron chi connectivity index (χ3n) is 3.38. The van der Waals surface area contributed by atoms with Gasteiger partial charge in [0.25, 0.3) is 0 Å². The van der Waals surface area contributed by atoms with Gasteiger partial charge in [-0.25, -0.2) is 9.78 Å². The minimum atomic E-state index is -0.348. The van der Waals surface area contributed by atoms with E-state index in [1.165, 1.54) is 7.11 Å². The van der Waals surface area contributed by atoms with Gasteiger partial charge in [0.1, 0.15) is 10.8 Å². The number of esters is 1. The van der Waals surface area contributed by atoms with Gasteiger partial charge in [0.15, 0.2) is 0 Å². The van der Waals surface area contributed by atoms with Crippen molar-refractivity contribution in [2.45, 2.75) is 0 Å². The van der Waals surface area contributed by atoms with Crippen LogP contribution in [0.2, 0.25) is 0 Å². The van der Waals surface area contributed by atoms with E-state index in [1.54, 1.807) is 24.5 Å². The standard InChI is InChI=1S/C18H15NO3S/c1-21-13-8-9-15-16(11-13)23-17(19-15)10-7-12-5-3-4-6-14(12)18(20)22-2/h3-11H,1-2H3/b10-7+. The first kappa shape index (κ1) is 15.2. The number of carbonyl (C=O) groups is 1. The number of aromatic nitrogens is 1. The molecule has 2 aromatic carbocycles. The van der Waals surface area contributed by atoms with Gasteiger partial charge in [-0.05, 0) is 35.9 Å². The van der Waals surface area contributed by atoms with Gasteiger partial charge >= 0.3 is 5.97 Å². The lowest BCUT2D eigenvalue weighted by atomic mass is 10.1. The maximum absolute atomic E-state index is 11.8. The fraction of sp³-hybridized carbons (Fsp3) is 0.111. The van der Waals surface area contributed by atoms with Crippen LogP contribution in [0.3, 0.4) is 0 Å². The highest BCUT2D eigenvalue weighted by molar-refractivity contribution is 7.19. The van der Waals surface area contributed by atoms with Crippen LogP contribution in [-0.4, -0.2) is 25.2 Å². The molecule has 0 bridgehead atoms. The van der Waals surface area contributed by atoms with E-state index in [9.17, 15) is 4.79 Å². The summed E-state index contributed by atoms with van der Waals surface area (Å²) >= 11 is 1.57. The summed E-state index contributed by atoms with van der Waals surface area (Å²) in [6.07, 6.45) is 3.78. The zero-order valence-electron chi connectivity index (χ0n) is 12.8. The van der Waals surface area contributed by atoms with E-state index in [0.29, 0.717) is 5.56 Å². The number of ether oxygens (including phenoxy) is 2. The molecule has 0 saturated heterocycles. The number of hydrogen-bond acceptors (Lipinski definition) is 5. The molecule has 23 heavy (non-hydrogen) atoms. The highest BCUT2D eigenvalue weighted by atomic mass is 32.1. The SMILES string of the molecule is COC(=O)c1ccccc1/C=C/c1nc2ccc(OC)cc2s1. The quantitative estimate of drug-likeness (QED) is 0.672. The highest BCUT2D eigenvalue weighted by Gasteiger charge is 2.09. The summed E-state index contributed by atoms with van der Waals surface area (Å²) in [7, 11) is 3.02. The molecule has 0 aliphatic carbocycles. The van der Waals surface area contributed by atoms with Gasteiger partial charge in [0.2, 0.25) is 0 Å². The molecule has 5 heteroatoms. The van der Waals surface area contributed by atoms with Crippen molar-refractivity contribution in [3.63, 3.8) is 0 Å². The molecule has 0 radical (unpaired) electrons. The van der Waals surface area contributed by atoms with E-state index >= 15 is 0 Å². The average Bonchev–Trinajstić information content (AvgIpc) is 3.01. The predicted molar refractivity (Wildman–Crippen MR) is 92.9 cm³/mol. The number of nitrogens with zero attached hydrogens (tertiary/aromatic N) is 1. The minimum Gasteiger partial charge on any atom is -0.497 e. The molecular weight excluding hydrogens is 310 g/mol. The molecular formula is C18H15NO3S. The van der Waals surface area contributed by atoms with Crippen molar-refractivity contribution < 1.29 is 14.3 Å². The first-order valence-corrected chi connectivity index (χ1v) is 7.83. The summed E-state index contributed by atoms with van der Waals surface area (Å²) in [6.45, 7) is 0. The fourth-order valence-corrected chi connectivity index (χ4v) is 3.12. The molecule has 0 aliphatic rings. The Balaban J connectivity index is 1.93. The molecule has 1 heterocycles. The monoisotopic (exact) mass is 325 g/mol. The van der Waals surface area contributed by atoms with Gasteiger partial charge in [-0.3, -0.25) is 0 Å². The zero-order valence-corrected chi connectivity index (χ0v) is 13.6. The highest BCUT2D eigenvalue weighted by Crippen LogP contribution is 2.27. The lowest BCUT2D eigenvalue weighted by Crippen LogP contribution is -2.02. The molecule has 1 aromatic heterocycles. The van der Waals surface area contributed by atoms with E-state index in [2.05, 4.69) is 4.98 Å². The Kier molecular flexibility index (Phi) is 4.39. The Morgan fingerprint density at radius 3 is 2.74 bits per heavy atom. The summed E-state index contributed by atoms with van der Waals surface area (Å²) in [4.78, 5) is 16.3. The summed E-state index contributed by atoms with van der Waals surface area (Å²) in [6, 6.07) is 13.1. The van der Waals surface area contributed by atoms with Crippen molar-refractivity contribution >= 4 is 39.7 Å². The summed E-state index contributed by atoms with van der Waals surface area (Å²) in [5, 5.41) is 0.868. The second kappa shape index (κ2) is 6.62. The van der Waals surface area contributed by atoms with E-state index in [0.717, 1.165) is 26.5 Å². The van der Waals surface area contributed by atoms with Crippen molar-refractivity contribution in [3.8, 4) is 5.75 Å². The summed E-state index contributed by atoms with van der Waals surface area (Å²) in [5.41, 5.74) is 2.27. The molecule has 3 aromatic rings. The van der Waals surface area contributed by atoms with Gasteiger partial charge in [-0.15, -0.1) is 11.3 Å². The number of carbonyl (C=O) groups excluding carboxylic acids is 1. The minimum absolute atomic E-state index is 0.348. The molecule has 0 atom stereocenters. The smallest absolute Gasteiger partial charge is 0.338 e. The van der Waals surface area contributed by atoms with Crippen molar-refractivity contribution in [1.82, 2.24) is 4.98 Å². The largest absolute Gasteiger partial charge is 0.497 e. The molecule has 116 valence electrons.